The molecule has 0 aromatic heterocycles. The van der Waals surface area contributed by atoms with E-state index in [-0.39, 0.29) is 0 Å². The fourth-order valence-electron chi connectivity index (χ4n) is 1.02. The number of ether oxygens (including phenoxy) is 1. The summed E-state index contributed by atoms with van der Waals surface area (Å²) >= 11 is 9.30. The Labute approximate surface area is 91.5 Å². The number of hydrogen-bond donors (Lipinski definition) is 0. The maximum atomic E-state index is 6.00. The topological polar surface area (TPSA) is 9.23 Å². The summed E-state index contributed by atoms with van der Waals surface area (Å²) in [5, 5.41) is 1.51. The van der Waals surface area contributed by atoms with Crippen LogP contribution in [0.5, 0.6) is 5.75 Å². The third kappa shape index (κ3) is 2.75. The van der Waals surface area contributed by atoms with Crippen molar-refractivity contribution < 1.29 is 4.74 Å². The minimum Gasteiger partial charge on any atom is -0.496 e. The van der Waals surface area contributed by atoms with E-state index in [1.54, 1.807) is 7.11 Å². The molecule has 0 aliphatic heterocycles. The summed E-state index contributed by atoms with van der Waals surface area (Å²) in [6.07, 6.45) is 3.92. The highest BCUT2D eigenvalue weighted by atomic mass is 79.9. The second-order valence-corrected chi connectivity index (χ2v) is 3.47. The molecule has 0 atom stereocenters. The van der Waals surface area contributed by atoms with Crippen LogP contribution in [0.25, 0.3) is 6.08 Å². The molecule has 1 aromatic carbocycles. The molecule has 0 amide bonds. The zero-order valence-corrected chi connectivity index (χ0v) is 9.60. The van der Waals surface area contributed by atoms with Gasteiger partial charge in [-0.25, -0.2) is 0 Å². The fraction of sp³-hybridized carbons (Fsp3) is 0.200. The van der Waals surface area contributed by atoms with Gasteiger partial charge in [-0.1, -0.05) is 45.7 Å². The monoisotopic (exact) mass is 260 g/mol. The molecule has 1 aromatic rings. The zero-order valence-electron chi connectivity index (χ0n) is 7.26. The van der Waals surface area contributed by atoms with Crippen molar-refractivity contribution in [2.75, 3.05) is 12.4 Å². The van der Waals surface area contributed by atoms with E-state index in [4.69, 9.17) is 16.3 Å². The molecule has 0 N–H and O–H groups in total. The van der Waals surface area contributed by atoms with E-state index < -0.39 is 0 Å². The van der Waals surface area contributed by atoms with Gasteiger partial charge < -0.3 is 4.74 Å². The number of allylic oxidation sites excluding steroid dienone is 1. The van der Waals surface area contributed by atoms with Gasteiger partial charge in [-0.05, 0) is 12.1 Å². The van der Waals surface area contributed by atoms with Gasteiger partial charge in [0.25, 0.3) is 0 Å². The van der Waals surface area contributed by atoms with Gasteiger partial charge in [0.1, 0.15) is 5.75 Å². The van der Waals surface area contributed by atoms with Crippen molar-refractivity contribution in [3.05, 3.63) is 34.9 Å². The highest BCUT2D eigenvalue weighted by Gasteiger charge is 2.02. The fourth-order valence-corrected chi connectivity index (χ4v) is 1.44. The minimum atomic E-state index is 0.705. The minimum absolute atomic E-state index is 0.705. The molecule has 0 bridgehead atoms. The molecule has 0 unspecified atom stereocenters. The highest BCUT2D eigenvalue weighted by molar-refractivity contribution is 9.09. The first-order chi connectivity index (χ1) is 6.29. The predicted molar refractivity (Wildman–Crippen MR) is 60.8 cm³/mol. The molecule has 0 spiro atoms. The van der Waals surface area contributed by atoms with Crippen molar-refractivity contribution in [3.8, 4) is 5.75 Å². The number of halogens is 2. The van der Waals surface area contributed by atoms with Crippen LogP contribution in [0, 0.1) is 0 Å². The standard InChI is InChI=1S/C10H10BrClO/c1-13-10-6-2-5-9(12)8(10)4-3-7-11/h2-6H,7H2,1H3/b4-3+. The Morgan fingerprint density at radius 1 is 1.54 bits per heavy atom. The van der Waals surface area contributed by atoms with E-state index in [1.807, 2.05) is 30.4 Å². The van der Waals surface area contributed by atoms with Gasteiger partial charge in [0.2, 0.25) is 0 Å². The molecule has 0 aliphatic carbocycles. The van der Waals surface area contributed by atoms with Gasteiger partial charge >= 0.3 is 0 Å². The van der Waals surface area contributed by atoms with E-state index in [2.05, 4.69) is 15.9 Å². The Bertz CT molecular complexity index is 310. The molecule has 1 nitrogen and oxygen atoms in total. The Morgan fingerprint density at radius 3 is 2.92 bits per heavy atom. The summed E-state index contributed by atoms with van der Waals surface area (Å²) in [6.45, 7) is 0. The van der Waals surface area contributed by atoms with Gasteiger partial charge in [-0.2, -0.15) is 0 Å². The summed E-state index contributed by atoms with van der Waals surface area (Å²) in [5.41, 5.74) is 0.922. The highest BCUT2D eigenvalue weighted by Crippen LogP contribution is 2.27. The van der Waals surface area contributed by atoms with Crippen LogP contribution in [0.15, 0.2) is 24.3 Å². The van der Waals surface area contributed by atoms with Crippen LogP contribution in [0.2, 0.25) is 5.02 Å². The van der Waals surface area contributed by atoms with Crippen LogP contribution >= 0.6 is 27.5 Å². The van der Waals surface area contributed by atoms with Crippen LogP contribution in [0.4, 0.5) is 0 Å². The molecule has 0 saturated carbocycles. The second kappa shape index (κ2) is 5.30. The Balaban J connectivity index is 3.07. The Hall–Kier alpha value is -0.470. The van der Waals surface area contributed by atoms with E-state index in [9.17, 15) is 0 Å². The maximum absolute atomic E-state index is 6.00. The van der Waals surface area contributed by atoms with Gasteiger partial charge in [0, 0.05) is 10.9 Å². The zero-order chi connectivity index (χ0) is 9.68. The van der Waals surface area contributed by atoms with Crippen LogP contribution in [-0.4, -0.2) is 12.4 Å². The Morgan fingerprint density at radius 2 is 2.31 bits per heavy atom. The van der Waals surface area contributed by atoms with Crippen LogP contribution < -0.4 is 4.74 Å². The van der Waals surface area contributed by atoms with Crippen molar-refractivity contribution in [3.63, 3.8) is 0 Å². The van der Waals surface area contributed by atoms with Gasteiger partial charge in [0.05, 0.1) is 12.1 Å². The molecule has 0 saturated heterocycles. The largest absolute Gasteiger partial charge is 0.496 e. The van der Waals surface area contributed by atoms with E-state index >= 15 is 0 Å². The lowest BCUT2D eigenvalue weighted by Gasteiger charge is -2.05. The normalized spacial score (nSPS) is 10.7. The molecule has 1 rings (SSSR count). The summed E-state index contributed by atoms with van der Waals surface area (Å²) in [6, 6.07) is 5.60. The molecular formula is C10H10BrClO. The first-order valence-electron chi connectivity index (χ1n) is 3.84. The van der Waals surface area contributed by atoms with E-state index in [1.165, 1.54) is 0 Å². The van der Waals surface area contributed by atoms with E-state index in [0.717, 1.165) is 16.6 Å². The van der Waals surface area contributed by atoms with E-state index in [0.29, 0.717) is 5.02 Å². The molecular weight excluding hydrogens is 251 g/mol. The molecule has 0 fully saturated rings. The molecule has 3 heteroatoms. The first kappa shape index (κ1) is 10.6. The van der Waals surface area contributed by atoms with Crippen molar-refractivity contribution in [2.45, 2.75) is 0 Å². The summed E-state index contributed by atoms with van der Waals surface area (Å²) in [5.74, 6) is 0.796. The number of hydrogen-bond acceptors (Lipinski definition) is 1. The van der Waals surface area contributed by atoms with Crippen molar-refractivity contribution in [1.82, 2.24) is 0 Å². The van der Waals surface area contributed by atoms with Gasteiger partial charge in [-0.3, -0.25) is 0 Å². The predicted octanol–water partition coefficient (Wildman–Crippen LogP) is 3.76. The second-order valence-electron chi connectivity index (χ2n) is 2.41. The van der Waals surface area contributed by atoms with Crippen molar-refractivity contribution in [2.24, 2.45) is 0 Å². The average molecular weight is 262 g/mol. The van der Waals surface area contributed by atoms with Crippen molar-refractivity contribution in [1.29, 1.82) is 0 Å². The summed E-state index contributed by atoms with van der Waals surface area (Å²) < 4.78 is 5.17. The lowest BCUT2D eigenvalue weighted by atomic mass is 10.2. The smallest absolute Gasteiger partial charge is 0.127 e. The summed E-state index contributed by atoms with van der Waals surface area (Å²) in [7, 11) is 1.64. The number of benzene rings is 1. The SMILES string of the molecule is COc1cccc(Cl)c1/C=C/CBr. The molecule has 0 heterocycles. The number of alkyl halides is 1. The van der Waals surface area contributed by atoms with Gasteiger partial charge in [-0.15, -0.1) is 0 Å². The molecule has 13 heavy (non-hydrogen) atoms. The molecule has 70 valence electrons. The number of rotatable bonds is 3. The quantitative estimate of drug-likeness (QED) is 0.753. The Kier molecular flexibility index (Phi) is 4.33. The first-order valence-corrected chi connectivity index (χ1v) is 5.34. The van der Waals surface area contributed by atoms with Crippen molar-refractivity contribution >= 4 is 33.6 Å². The summed E-state index contributed by atoms with van der Waals surface area (Å²) in [4.78, 5) is 0. The maximum Gasteiger partial charge on any atom is 0.127 e. The molecule has 0 aliphatic rings. The van der Waals surface area contributed by atoms with Crippen LogP contribution in [0.1, 0.15) is 5.56 Å². The number of methoxy groups -OCH3 is 1. The lowest BCUT2D eigenvalue weighted by Crippen LogP contribution is -1.87. The lowest BCUT2D eigenvalue weighted by molar-refractivity contribution is 0.414. The molecule has 0 radical (unpaired) electrons. The van der Waals surface area contributed by atoms with Crippen LogP contribution in [0.3, 0.4) is 0 Å². The third-order valence-electron chi connectivity index (χ3n) is 1.61. The van der Waals surface area contributed by atoms with Gasteiger partial charge in [0.15, 0.2) is 0 Å². The average Bonchev–Trinajstić information content (AvgIpc) is 2.15. The third-order valence-corrected chi connectivity index (χ3v) is 2.31. The van der Waals surface area contributed by atoms with Crippen LogP contribution in [-0.2, 0) is 0 Å².